The molecule has 38 heavy (non-hydrogen) atoms. The lowest BCUT2D eigenvalue weighted by Crippen LogP contribution is -2.58. The third-order valence-electron chi connectivity index (χ3n) is 5.48. The van der Waals surface area contributed by atoms with Gasteiger partial charge in [-0.15, -0.1) is 0 Å². The van der Waals surface area contributed by atoms with E-state index in [9.17, 15) is 29.1 Å². The Bertz CT molecular complexity index is 1060. The van der Waals surface area contributed by atoms with Gasteiger partial charge in [-0.05, 0) is 24.9 Å². The van der Waals surface area contributed by atoms with Crippen LogP contribution >= 0.6 is 11.8 Å². The molecule has 2 aromatic rings. The summed E-state index contributed by atoms with van der Waals surface area (Å²) in [6.07, 6.45) is 7.60. The highest BCUT2D eigenvalue weighted by atomic mass is 32.2. The number of aliphatic carboxylic acids is 1. The molecule has 10 N–H and O–H groups in total. The number of carboxylic acid groups (broad SMARTS) is 1. The van der Waals surface area contributed by atoms with Crippen LogP contribution in [0.25, 0.3) is 0 Å². The average Bonchev–Trinajstić information content (AvgIpc) is 3.57. The van der Waals surface area contributed by atoms with Gasteiger partial charge in [-0.25, -0.2) is 14.8 Å². The van der Waals surface area contributed by atoms with Crippen molar-refractivity contribution in [2.75, 3.05) is 12.0 Å². The second-order valence-electron chi connectivity index (χ2n) is 8.48. The molecule has 4 amide bonds. The van der Waals surface area contributed by atoms with Crippen molar-refractivity contribution < 1.29 is 29.1 Å². The maximum Gasteiger partial charge on any atom is 0.326 e. The number of carbonyl (C=O) groups is 5. The molecule has 0 bridgehead atoms. The number of carboxylic acids is 1. The minimum absolute atomic E-state index is 0.0394. The number of hydrogen-bond donors (Lipinski definition) is 8. The predicted molar refractivity (Wildman–Crippen MR) is 137 cm³/mol. The SMILES string of the molecule is CSCCC(NC(=O)C(N)Cc1cnc[nH]1)C(=O)NC(Cc1cnc[nH]1)C(=O)NC(CCC(N)=O)C(=O)O. The van der Waals surface area contributed by atoms with Gasteiger partial charge in [0, 0.05) is 43.0 Å². The molecule has 2 heterocycles. The highest BCUT2D eigenvalue weighted by Gasteiger charge is 2.31. The van der Waals surface area contributed by atoms with Crippen LogP contribution in [0.2, 0.25) is 0 Å². The molecule has 16 heteroatoms. The Labute approximate surface area is 222 Å². The first kappa shape index (κ1) is 30.3. The molecule has 4 unspecified atom stereocenters. The van der Waals surface area contributed by atoms with Gasteiger partial charge in [0.1, 0.15) is 18.1 Å². The third-order valence-corrected chi connectivity index (χ3v) is 6.12. The van der Waals surface area contributed by atoms with Crippen LogP contribution in [0.5, 0.6) is 0 Å². The number of hydrogen-bond acceptors (Lipinski definition) is 9. The second kappa shape index (κ2) is 15.4. The minimum Gasteiger partial charge on any atom is -0.480 e. The zero-order chi connectivity index (χ0) is 28.1. The fraction of sp³-hybridized carbons (Fsp3) is 0.500. The van der Waals surface area contributed by atoms with Crippen LogP contribution in [0.4, 0.5) is 0 Å². The molecular formula is C22H33N9O6S. The number of nitrogens with one attached hydrogen (secondary N) is 5. The summed E-state index contributed by atoms with van der Waals surface area (Å²) in [5, 5.41) is 17.0. The van der Waals surface area contributed by atoms with Crippen molar-refractivity contribution in [1.82, 2.24) is 35.9 Å². The van der Waals surface area contributed by atoms with E-state index in [1.807, 2.05) is 6.26 Å². The number of H-pyrrole nitrogens is 2. The number of aromatic amines is 2. The molecule has 208 valence electrons. The molecule has 0 aliphatic carbocycles. The summed E-state index contributed by atoms with van der Waals surface area (Å²) >= 11 is 1.46. The zero-order valence-corrected chi connectivity index (χ0v) is 21.6. The number of rotatable bonds is 17. The van der Waals surface area contributed by atoms with Crippen LogP contribution < -0.4 is 27.4 Å². The normalized spacial score (nSPS) is 14.1. The zero-order valence-electron chi connectivity index (χ0n) is 20.8. The number of imidazole rings is 2. The number of thioether (sulfide) groups is 1. The molecule has 0 aromatic carbocycles. The molecule has 2 rings (SSSR count). The lowest BCUT2D eigenvalue weighted by molar-refractivity contribution is -0.142. The fourth-order valence-electron chi connectivity index (χ4n) is 3.42. The third kappa shape index (κ3) is 10.2. The van der Waals surface area contributed by atoms with Gasteiger partial charge in [0.05, 0.1) is 18.7 Å². The van der Waals surface area contributed by atoms with Gasteiger partial charge in [0.25, 0.3) is 0 Å². The van der Waals surface area contributed by atoms with Crippen molar-refractivity contribution in [3.8, 4) is 0 Å². The topological polar surface area (TPSA) is 251 Å². The van der Waals surface area contributed by atoms with Crippen LogP contribution in [0.3, 0.4) is 0 Å². The Kier molecular flexibility index (Phi) is 12.2. The van der Waals surface area contributed by atoms with Gasteiger partial charge >= 0.3 is 5.97 Å². The molecule has 15 nitrogen and oxygen atoms in total. The van der Waals surface area contributed by atoms with Gasteiger partial charge in [0.2, 0.25) is 23.6 Å². The quantitative estimate of drug-likeness (QED) is 0.105. The number of nitrogens with zero attached hydrogens (tertiary/aromatic N) is 2. The van der Waals surface area contributed by atoms with E-state index in [-0.39, 0.29) is 32.1 Å². The molecule has 0 aliphatic rings. The lowest BCUT2D eigenvalue weighted by Gasteiger charge is -2.25. The van der Waals surface area contributed by atoms with E-state index in [2.05, 4.69) is 35.9 Å². The second-order valence-corrected chi connectivity index (χ2v) is 9.46. The maximum atomic E-state index is 13.2. The van der Waals surface area contributed by atoms with Gasteiger partial charge in [-0.3, -0.25) is 19.2 Å². The average molecular weight is 552 g/mol. The number of carbonyl (C=O) groups excluding carboxylic acids is 4. The Balaban J connectivity index is 2.14. The van der Waals surface area contributed by atoms with Crippen LogP contribution in [0.1, 0.15) is 30.7 Å². The van der Waals surface area contributed by atoms with E-state index in [1.54, 1.807) is 0 Å². The number of amides is 4. The molecule has 4 atom stereocenters. The van der Waals surface area contributed by atoms with Crippen molar-refractivity contribution in [3.05, 3.63) is 36.4 Å². The van der Waals surface area contributed by atoms with Crippen LogP contribution in [0, 0.1) is 0 Å². The van der Waals surface area contributed by atoms with Crippen LogP contribution in [0.15, 0.2) is 25.0 Å². The molecule has 2 aromatic heterocycles. The van der Waals surface area contributed by atoms with Gasteiger partial charge in [-0.1, -0.05) is 0 Å². The summed E-state index contributed by atoms with van der Waals surface area (Å²) < 4.78 is 0. The maximum absolute atomic E-state index is 13.2. The number of primary amides is 1. The van der Waals surface area contributed by atoms with E-state index in [0.29, 0.717) is 17.1 Å². The standard InChI is InChI=1S/C22H33N9O6S/c1-38-5-4-15(29-19(33)14(23)6-12-8-25-10-27-12)20(34)31-17(7-13-9-26-11-28-13)21(35)30-16(22(36)37)2-3-18(24)32/h8-11,14-17H,2-7,23H2,1H3,(H2,24,32)(H,25,27)(H,26,28)(H,29,33)(H,30,35)(H,31,34)(H,36,37). The van der Waals surface area contributed by atoms with Crippen molar-refractivity contribution in [1.29, 1.82) is 0 Å². The highest BCUT2D eigenvalue weighted by Crippen LogP contribution is 2.07. The predicted octanol–water partition coefficient (Wildman–Crippen LogP) is -2.20. The molecular weight excluding hydrogens is 518 g/mol. The molecule has 0 fully saturated rings. The fourth-order valence-corrected chi connectivity index (χ4v) is 3.89. The molecule has 0 aliphatic heterocycles. The van der Waals surface area contributed by atoms with Crippen LogP contribution in [-0.2, 0) is 36.8 Å². The summed E-state index contributed by atoms with van der Waals surface area (Å²) in [5.74, 6) is -3.55. The summed E-state index contributed by atoms with van der Waals surface area (Å²) in [5.41, 5.74) is 12.2. The van der Waals surface area contributed by atoms with Crippen molar-refractivity contribution in [2.45, 2.75) is 56.3 Å². The Morgan fingerprint density at radius 3 is 1.97 bits per heavy atom. The van der Waals surface area contributed by atoms with Crippen molar-refractivity contribution in [2.24, 2.45) is 11.5 Å². The largest absolute Gasteiger partial charge is 0.480 e. The Morgan fingerprint density at radius 2 is 1.45 bits per heavy atom. The first-order valence-corrected chi connectivity index (χ1v) is 13.1. The summed E-state index contributed by atoms with van der Waals surface area (Å²) in [6.45, 7) is 0. The first-order chi connectivity index (χ1) is 18.1. The number of aromatic nitrogens is 4. The molecule has 0 saturated heterocycles. The van der Waals surface area contributed by atoms with Gasteiger partial charge in [-0.2, -0.15) is 11.8 Å². The summed E-state index contributed by atoms with van der Waals surface area (Å²) in [4.78, 5) is 75.1. The lowest BCUT2D eigenvalue weighted by atomic mass is 10.1. The highest BCUT2D eigenvalue weighted by molar-refractivity contribution is 7.98. The van der Waals surface area contributed by atoms with E-state index in [0.717, 1.165) is 0 Å². The molecule has 0 saturated carbocycles. The Hall–Kier alpha value is -3.92. The summed E-state index contributed by atoms with van der Waals surface area (Å²) in [7, 11) is 0. The van der Waals surface area contributed by atoms with Gasteiger partial charge < -0.3 is 42.5 Å². The first-order valence-electron chi connectivity index (χ1n) is 11.7. The summed E-state index contributed by atoms with van der Waals surface area (Å²) in [6, 6.07) is -4.58. The molecule has 0 spiro atoms. The van der Waals surface area contributed by atoms with Crippen molar-refractivity contribution >= 4 is 41.4 Å². The van der Waals surface area contributed by atoms with E-state index >= 15 is 0 Å². The van der Waals surface area contributed by atoms with Crippen LogP contribution in [-0.4, -0.2) is 90.8 Å². The number of nitrogens with two attached hydrogens (primary N) is 2. The van der Waals surface area contributed by atoms with Crippen molar-refractivity contribution in [3.63, 3.8) is 0 Å². The minimum atomic E-state index is -1.40. The monoisotopic (exact) mass is 551 g/mol. The van der Waals surface area contributed by atoms with E-state index < -0.39 is 53.8 Å². The Morgan fingerprint density at radius 1 is 0.895 bits per heavy atom. The molecule has 0 radical (unpaired) electrons. The smallest absolute Gasteiger partial charge is 0.326 e. The van der Waals surface area contributed by atoms with Gasteiger partial charge in [0.15, 0.2) is 0 Å². The van der Waals surface area contributed by atoms with E-state index in [4.69, 9.17) is 11.5 Å². The van der Waals surface area contributed by atoms with E-state index in [1.165, 1.54) is 36.8 Å².